The lowest BCUT2D eigenvalue weighted by atomic mass is 10.0. The first kappa shape index (κ1) is 16.0. The van der Waals surface area contributed by atoms with Crippen molar-refractivity contribution in [3.05, 3.63) is 11.9 Å². The number of nitrogens with zero attached hydrogens (tertiary/aromatic N) is 4. The fourth-order valence-corrected chi connectivity index (χ4v) is 3.53. The number of aromatic nitrogens is 3. The van der Waals surface area contributed by atoms with E-state index < -0.39 is 0 Å². The Kier molecular flexibility index (Phi) is 4.51. The highest BCUT2D eigenvalue weighted by atomic mass is 16.5. The van der Waals surface area contributed by atoms with Gasteiger partial charge in [-0.3, -0.25) is 9.69 Å². The highest BCUT2D eigenvalue weighted by Gasteiger charge is 2.33. The van der Waals surface area contributed by atoms with Gasteiger partial charge in [-0.15, -0.1) is 5.10 Å². The lowest BCUT2D eigenvalue weighted by Crippen LogP contribution is -2.61. The molecule has 2 N–H and O–H groups in total. The molecule has 2 unspecified atom stereocenters. The molecular weight excluding hydrogens is 308 g/mol. The molecule has 8 nitrogen and oxygen atoms in total. The van der Waals surface area contributed by atoms with E-state index in [0.29, 0.717) is 23.9 Å². The minimum Gasteiger partial charge on any atom is -0.377 e. The predicted molar refractivity (Wildman–Crippen MR) is 87.8 cm³/mol. The number of ether oxygens (including phenoxy) is 1. The molecular formula is C16H26N6O2. The van der Waals surface area contributed by atoms with Crippen LogP contribution in [-0.2, 0) is 4.74 Å². The average Bonchev–Trinajstić information content (AvgIpc) is 3.30. The summed E-state index contributed by atoms with van der Waals surface area (Å²) in [5, 5.41) is 14.4. The average molecular weight is 334 g/mol. The third kappa shape index (κ3) is 3.60. The fourth-order valence-electron chi connectivity index (χ4n) is 3.53. The van der Waals surface area contributed by atoms with E-state index >= 15 is 0 Å². The molecule has 3 heterocycles. The van der Waals surface area contributed by atoms with E-state index in [1.165, 1.54) is 0 Å². The van der Waals surface area contributed by atoms with Crippen molar-refractivity contribution in [3.8, 4) is 0 Å². The van der Waals surface area contributed by atoms with E-state index in [2.05, 4.69) is 25.8 Å². The topological polar surface area (TPSA) is 84.3 Å². The Morgan fingerprint density at radius 2 is 2.17 bits per heavy atom. The summed E-state index contributed by atoms with van der Waals surface area (Å²) in [6, 6.07) is 1.22. The molecule has 3 fully saturated rings. The molecule has 0 bridgehead atoms. The quantitative estimate of drug-likeness (QED) is 0.749. The maximum Gasteiger partial charge on any atom is 0.273 e. The number of hydrogen-bond donors (Lipinski definition) is 2. The summed E-state index contributed by atoms with van der Waals surface area (Å²) in [4.78, 5) is 14.5. The molecule has 3 aliphatic rings. The van der Waals surface area contributed by atoms with Gasteiger partial charge in [-0.1, -0.05) is 5.21 Å². The number of carbonyl (C=O) groups excluding carboxylic acids is 1. The predicted octanol–water partition coefficient (Wildman–Crippen LogP) is -0.206. The number of rotatable bonds is 6. The van der Waals surface area contributed by atoms with Crippen LogP contribution in [-0.4, -0.2) is 77.3 Å². The van der Waals surface area contributed by atoms with Gasteiger partial charge in [-0.05, 0) is 32.7 Å². The van der Waals surface area contributed by atoms with Crippen LogP contribution in [0.2, 0.25) is 0 Å². The summed E-state index contributed by atoms with van der Waals surface area (Å²) in [6.07, 6.45) is 6.49. The van der Waals surface area contributed by atoms with Gasteiger partial charge in [0.15, 0.2) is 5.69 Å². The molecule has 24 heavy (non-hydrogen) atoms. The standard InChI is InChI=1S/C16H26N6O2/c1-17-11-4-5-24-14(6-11)9-21-7-12(8-21)18-16(23)15-10-22(20-19-15)13-2-3-13/h10-14,17H,2-9H2,1H3,(H,18,23). The second-order valence-electron chi connectivity index (χ2n) is 7.21. The molecule has 1 aromatic rings. The highest BCUT2D eigenvalue weighted by Crippen LogP contribution is 2.33. The van der Waals surface area contributed by atoms with E-state index in [1.807, 2.05) is 7.05 Å². The molecule has 0 radical (unpaired) electrons. The summed E-state index contributed by atoms with van der Waals surface area (Å²) < 4.78 is 7.65. The van der Waals surface area contributed by atoms with E-state index in [4.69, 9.17) is 4.74 Å². The van der Waals surface area contributed by atoms with Crippen LogP contribution in [0.3, 0.4) is 0 Å². The summed E-state index contributed by atoms with van der Waals surface area (Å²) in [6.45, 7) is 3.54. The first-order valence-corrected chi connectivity index (χ1v) is 8.95. The Bertz CT molecular complexity index is 581. The van der Waals surface area contributed by atoms with Gasteiger partial charge in [0.1, 0.15) is 0 Å². The zero-order valence-corrected chi connectivity index (χ0v) is 14.1. The maximum atomic E-state index is 12.2. The number of likely N-dealkylation sites (tertiary alicyclic amines) is 1. The molecule has 2 atom stereocenters. The number of amides is 1. The second kappa shape index (κ2) is 6.78. The normalized spacial score (nSPS) is 28.5. The summed E-state index contributed by atoms with van der Waals surface area (Å²) in [7, 11) is 2.02. The number of nitrogens with one attached hydrogen (secondary N) is 2. The molecule has 0 spiro atoms. The van der Waals surface area contributed by atoms with Crippen LogP contribution in [0, 0.1) is 0 Å². The van der Waals surface area contributed by atoms with Gasteiger partial charge >= 0.3 is 0 Å². The molecule has 4 rings (SSSR count). The molecule has 0 aromatic carbocycles. The van der Waals surface area contributed by atoms with Crippen molar-refractivity contribution in [2.24, 2.45) is 0 Å². The van der Waals surface area contributed by atoms with E-state index in [9.17, 15) is 4.79 Å². The minimum absolute atomic E-state index is 0.115. The fraction of sp³-hybridized carbons (Fsp3) is 0.812. The lowest BCUT2D eigenvalue weighted by molar-refractivity contribution is -0.0319. The van der Waals surface area contributed by atoms with Crippen LogP contribution in [0.25, 0.3) is 0 Å². The van der Waals surface area contributed by atoms with Crippen molar-refractivity contribution >= 4 is 5.91 Å². The monoisotopic (exact) mass is 334 g/mol. The van der Waals surface area contributed by atoms with Crippen LogP contribution in [0.1, 0.15) is 42.2 Å². The molecule has 2 saturated heterocycles. The molecule has 1 saturated carbocycles. The van der Waals surface area contributed by atoms with Gasteiger partial charge < -0.3 is 15.4 Å². The highest BCUT2D eigenvalue weighted by molar-refractivity contribution is 5.92. The van der Waals surface area contributed by atoms with Crippen LogP contribution >= 0.6 is 0 Å². The van der Waals surface area contributed by atoms with Gasteiger partial charge in [-0.2, -0.15) is 0 Å². The molecule has 1 aromatic heterocycles. The van der Waals surface area contributed by atoms with E-state index in [1.54, 1.807) is 10.9 Å². The van der Waals surface area contributed by atoms with E-state index in [-0.39, 0.29) is 11.9 Å². The van der Waals surface area contributed by atoms with Gasteiger partial charge in [0, 0.05) is 32.3 Å². The number of hydrogen-bond acceptors (Lipinski definition) is 6. The van der Waals surface area contributed by atoms with Crippen molar-refractivity contribution in [2.45, 2.75) is 49.9 Å². The molecule has 1 amide bonds. The Hall–Kier alpha value is -1.51. The molecule has 132 valence electrons. The van der Waals surface area contributed by atoms with E-state index in [0.717, 1.165) is 51.9 Å². The van der Waals surface area contributed by atoms with Crippen molar-refractivity contribution in [3.63, 3.8) is 0 Å². The zero-order valence-electron chi connectivity index (χ0n) is 14.1. The van der Waals surface area contributed by atoms with Crippen LogP contribution in [0.15, 0.2) is 6.20 Å². The van der Waals surface area contributed by atoms with Crippen LogP contribution < -0.4 is 10.6 Å². The largest absolute Gasteiger partial charge is 0.377 e. The Balaban J connectivity index is 1.19. The second-order valence-corrected chi connectivity index (χ2v) is 7.21. The lowest BCUT2D eigenvalue weighted by Gasteiger charge is -2.42. The smallest absolute Gasteiger partial charge is 0.273 e. The van der Waals surface area contributed by atoms with Crippen molar-refractivity contribution < 1.29 is 9.53 Å². The van der Waals surface area contributed by atoms with Crippen LogP contribution in [0.4, 0.5) is 0 Å². The summed E-state index contributed by atoms with van der Waals surface area (Å²) in [5.41, 5.74) is 0.424. The first-order valence-electron chi connectivity index (χ1n) is 8.95. The SMILES string of the molecule is CNC1CCOC(CN2CC(NC(=O)c3cn(C4CC4)nn3)C2)C1. The van der Waals surface area contributed by atoms with Crippen molar-refractivity contribution in [2.75, 3.05) is 33.3 Å². The molecule has 8 heteroatoms. The van der Waals surface area contributed by atoms with Gasteiger partial charge in [0.05, 0.1) is 24.4 Å². The number of carbonyl (C=O) groups is 1. The third-order valence-corrected chi connectivity index (χ3v) is 5.19. The van der Waals surface area contributed by atoms with Crippen molar-refractivity contribution in [1.82, 2.24) is 30.5 Å². The maximum absolute atomic E-state index is 12.2. The van der Waals surface area contributed by atoms with Crippen LogP contribution in [0.5, 0.6) is 0 Å². The Morgan fingerprint density at radius 1 is 1.33 bits per heavy atom. The zero-order chi connectivity index (χ0) is 16.5. The third-order valence-electron chi connectivity index (χ3n) is 5.19. The minimum atomic E-state index is -0.115. The van der Waals surface area contributed by atoms with Gasteiger partial charge in [-0.25, -0.2) is 4.68 Å². The van der Waals surface area contributed by atoms with Gasteiger partial charge in [0.25, 0.3) is 5.91 Å². The summed E-state index contributed by atoms with van der Waals surface area (Å²) >= 11 is 0. The Morgan fingerprint density at radius 3 is 2.92 bits per heavy atom. The Labute approximate surface area is 141 Å². The first-order chi connectivity index (χ1) is 11.7. The summed E-state index contributed by atoms with van der Waals surface area (Å²) in [5.74, 6) is -0.115. The molecule has 2 aliphatic heterocycles. The van der Waals surface area contributed by atoms with Crippen molar-refractivity contribution in [1.29, 1.82) is 0 Å². The molecule has 1 aliphatic carbocycles. The van der Waals surface area contributed by atoms with Gasteiger partial charge in [0.2, 0.25) is 0 Å².